The molecule has 82 valence electrons. The highest BCUT2D eigenvalue weighted by Gasteiger charge is 2.32. The maximum atomic E-state index is 9.25. The molecular formula is C11H22N2O. The van der Waals surface area contributed by atoms with Gasteiger partial charge in [-0.3, -0.25) is 4.90 Å². The first-order chi connectivity index (χ1) is 6.81. The molecular weight excluding hydrogens is 176 g/mol. The van der Waals surface area contributed by atoms with Crippen LogP contribution in [0, 0.1) is 11.8 Å². The molecule has 2 saturated heterocycles. The summed E-state index contributed by atoms with van der Waals surface area (Å²) in [6.45, 7) is 7.19. The molecule has 3 nitrogen and oxygen atoms in total. The fraction of sp³-hybridized carbons (Fsp3) is 1.00. The molecule has 2 atom stereocenters. The summed E-state index contributed by atoms with van der Waals surface area (Å²) < 4.78 is 0. The van der Waals surface area contributed by atoms with Crippen LogP contribution in [-0.2, 0) is 0 Å². The Bertz CT molecular complexity index is 178. The highest BCUT2D eigenvalue weighted by molar-refractivity contribution is 4.89. The van der Waals surface area contributed by atoms with Crippen molar-refractivity contribution in [1.82, 2.24) is 10.2 Å². The normalized spacial score (nSPS) is 36.4. The smallest absolute Gasteiger partial charge is 0.0486 e. The second-order valence-corrected chi connectivity index (χ2v) is 4.89. The maximum Gasteiger partial charge on any atom is 0.0486 e. The van der Waals surface area contributed by atoms with Gasteiger partial charge in [0.1, 0.15) is 0 Å². The molecule has 0 aromatic carbocycles. The fourth-order valence-corrected chi connectivity index (χ4v) is 2.69. The van der Waals surface area contributed by atoms with Gasteiger partial charge in [0.05, 0.1) is 0 Å². The van der Waals surface area contributed by atoms with Crippen LogP contribution in [0.25, 0.3) is 0 Å². The van der Waals surface area contributed by atoms with E-state index in [0.717, 1.165) is 19.0 Å². The number of hydrogen-bond donors (Lipinski definition) is 2. The van der Waals surface area contributed by atoms with E-state index >= 15 is 0 Å². The second-order valence-electron chi connectivity index (χ2n) is 4.89. The van der Waals surface area contributed by atoms with Gasteiger partial charge in [-0.15, -0.1) is 0 Å². The lowest BCUT2D eigenvalue weighted by Gasteiger charge is -2.36. The average Bonchev–Trinajstić information content (AvgIpc) is 2.67. The van der Waals surface area contributed by atoms with Crippen LogP contribution in [0.1, 0.15) is 19.8 Å². The molecule has 0 saturated carbocycles. The van der Waals surface area contributed by atoms with E-state index in [1.54, 1.807) is 0 Å². The molecule has 2 fully saturated rings. The number of nitrogens with one attached hydrogen (secondary N) is 1. The lowest BCUT2D eigenvalue weighted by molar-refractivity contribution is 0.0957. The zero-order chi connectivity index (χ0) is 9.97. The number of rotatable bonds is 2. The van der Waals surface area contributed by atoms with E-state index in [1.807, 2.05) is 0 Å². The Balaban J connectivity index is 1.88. The van der Waals surface area contributed by atoms with Gasteiger partial charge in [-0.25, -0.2) is 0 Å². The molecule has 2 aliphatic rings. The Hall–Kier alpha value is -0.120. The lowest BCUT2D eigenvalue weighted by atomic mass is 9.95. The summed E-state index contributed by atoms with van der Waals surface area (Å²) >= 11 is 0. The van der Waals surface area contributed by atoms with Crippen molar-refractivity contribution in [3.63, 3.8) is 0 Å². The average molecular weight is 198 g/mol. The van der Waals surface area contributed by atoms with Gasteiger partial charge in [0, 0.05) is 31.7 Å². The number of aliphatic hydroxyl groups is 1. The van der Waals surface area contributed by atoms with Crippen molar-refractivity contribution in [3.05, 3.63) is 0 Å². The van der Waals surface area contributed by atoms with E-state index in [4.69, 9.17) is 0 Å². The summed E-state index contributed by atoms with van der Waals surface area (Å²) in [6, 6.07) is 0.590. The molecule has 2 rings (SSSR count). The first kappa shape index (κ1) is 10.4. The topological polar surface area (TPSA) is 35.5 Å². The minimum atomic E-state index is 0.337. The second kappa shape index (κ2) is 4.60. The van der Waals surface area contributed by atoms with Crippen LogP contribution in [0.4, 0.5) is 0 Å². The van der Waals surface area contributed by atoms with Crippen LogP contribution >= 0.6 is 0 Å². The number of piperidine rings is 1. The minimum Gasteiger partial charge on any atom is -0.396 e. The summed E-state index contributed by atoms with van der Waals surface area (Å²) in [7, 11) is 0. The van der Waals surface area contributed by atoms with Crippen LogP contribution in [0.3, 0.4) is 0 Å². The summed E-state index contributed by atoms with van der Waals surface area (Å²) in [5.41, 5.74) is 0. The van der Waals surface area contributed by atoms with Crippen LogP contribution in [0.5, 0.6) is 0 Å². The monoisotopic (exact) mass is 198 g/mol. The summed E-state index contributed by atoms with van der Waals surface area (Å²) in [5, 5.41) is 12.6. The SMILES string of the molecule is CC1CCN(C2CNCC2CO)CC1. The molecule has 0 aromatic rings. The van der Waals surface area contributed by atoms with E-state index in [0.29, 0.717) is 18.6 Å². The first-order valence-corrected chi connectivity index (χ1v) is 5.87. The molecule has 0 aromatic heterocycles. The van der Waals surface area contributed by atoms with Crippen LogP contribution in [-0.4, -0.2) is 48.8 Å². The Morgan fingerprint density at radius 1 is 1.29 bits per heavy atom. The highest BCUT2D eigenvalue weighted by atomic mass is 16.3. The molecule has 3 heteroatoms. The van der Waals surface area contributed by atoms with Gasteiger partial charge in [0.2, 0.25) is 0 Å². The van der Waals surface area contributed by atoms with Crippen molar-refractivity contribution >= 4 is 0 Å². The lowest BCUT2D eigenvalue weighted by Crippen LogP contribution is -2.45. The molecule has 0 amide bonds. The summed E-state index contributed by atoms with van der Waals surface area (Å²) in [6.07, 6.45) is 2.66. The van der Waals surface area contributed by atoms with Crippen LogP contribution in [0.15, 0.2) is 0 Å². The van der Waals surface area contributed by atoms with Crippen molar-refractivity contribution in [2.45, 2.75) is 25.8 Å². The Labute approximate surface area is 86.5 Å². The van der Waals surface area contributed by atoms with Gasteiger partial charge in [-0.05, 0) is 31.8 Å². The molecule has 2 aliphatic heterocycles. The van der Waals surface area contributed by atoms with E-state index in [9.17, 15) is 5.11 Å². The number of aliphatic hydroxyl groups excluding tert-OH is 1. The van der Waals surface area contributed by atoms with E-state index < -0.39 is 0 Å². The standard InChI is InChI=1S/C11H22N2O/c1-9-2-4-13(5-3-9)11-7-12-6-10(11)8-14/h9-12,14H,2-8H2,1H3. The van der Waals surface area contributed by atoms with Crippen molar-refractivity contribution in [1.29, 1.82) is 0 Å². The molecule has 0 radical (unpaired) electrons. The number of hydrogen-bond acceptors (Lipinski definition) is 3. The Morgan fingerprint density at radius 2 is 2.00 bits per heavy atom. The van der Waals surface area contributed by atoms with Gasteiger partial charge in [-0.2, -0.15) is 0 Å². The molecule has 2 unspecified atom stereocenters. The molecule has 0 aliphatic carbocycles. The predicted octanol–water partition coefficient (Wildman–Crippen LogP) is 0.299. The van der Waals surface area contributed by atoms with Crippen molar-refractivity contribution < 1.29 is 5.11 Å². The summed E-state index contributed by atoms with van der Waals surface area (Å²) in [4.78, 5) is 2.57. The largest absolute Gasteiger partial charge is 0.396 e. The van der Waals surface area contributed by atoms with Gasteiger partial charge in [0.15, 0.2) is 0 Å². The maximum absolute atomic E-state index is 9.25. The molecule has 2 heterocycles. The molecule has 2 N–H and O–H groups in total. The summed E-state index contributed by atoms with van der Waals surface area (Å²) in [5.74, 6) is 1.36. The fourth-order valence-electron chi connectivity index (χ4n) is 2.69. The van der Waals surface area contributed by atoms with Gasteiger partial charge >= 0.3 is 0 Å². The molecule has 0 bridgehead atoms. The van der Waals surface area contributed by atoms with Gasteiger partial charge in [-0.1, -0.05) is 6.92 Å². The Morgan fingerprint density at radius 3 is 2.64 bits per heavy atom. The molecule has 0 spiro atoms. The van der Waals surface area contributed by atoms with Gasteiger partial charge < -0.3 is 10.4 Å². The number of nitrogens with zero attached hydrogens (tertiary/aromatic N) is 1. The zero-order valence-corrected chi connectivity index (χ0v) is 9.08. The first-order valence-electron chi connectivity index (χ1n) is 5.87. The highest BCUT2D eigenvalue weighted by Crippen LogP contribution is 2.22. The van der Waals surface area contributed by atoms with Crippen LogP contribution < -0.4 is 5.32 Å². The van der Waals surface area contributed by atoms with E-state index in [1.165, 1.54) is 25.9 Å². The van der Waals surface area contributed by atoms with Crippen molar-refractivity contribution in [2.75, 3.05) is 32.8 Å². The van der Waals surface area contributed by atoms with Crippen molar-refractivity contribution in [2.24, 2.45) is 11.8 Å². The zero-order valence-electron chi connectivity index (χ0n) is 9.08. The quantitative estimate of drug-likeness (QED) is 0.670. The Kier molecular flexibility index (Phi) is 3.42. The third kappa shape index (κ3) is 2.10. The predicted molar refractivity (Wildman–Crippen MR) is 57.2 cm³/mol. The number of likely N-dealkylation sites (tertiary alicyclic amines) is 1. The third-order valence-electron chi connectivity index (χ3n) is 3.83. The third-order valence-corrected chi connectivity index (χ3v) is 3.83. The van der Waals surface area contributed by atoms with Crippen molar-refractivity contribution in [3.8, 4) is 0 Å². The van der Waals surface area contributed by atoms with E-state index in [2.05, 4.69) is 17.1 Å². The van der Waals surface area contributed by atoms with Crippen LogP contribution in [0.2, 0.25) is 0 Å². The van der Waals surface area contributed by atoms with E-state index in [-0.39, 0.29) is 0 Å². The molecule has 14 heavy (non-hydrogen) atoms. The van der Waals surface area contributed by atoms with Gasteiger partial charge in [0.25, 0.3) is 0 Å². The minimum absolute atomic E-state index is 0.337.